The average molecular weight is 229 g/mol. The largest absolute Gasteiger partial charge is 0.436 e. The van der Waals surface area contributed by atoms with Gasteiger partial charge in [0, 0.05) is 14.2 Å². The van der Waals surface area contributed by atoms with Crippen LogP contribution in [0.25, 0.3) is 0 Å². The van der Waals surface area contributed by atoms with Crippen LogP contribution in [0.5, 0.6) is 0 Å². The molecule has 1 rings (SSSR count). The van der Waals surface area contributed by atoms with Crippen molar-refractivity contribution in [2.24, 2.45) is 7.05 Å². The molecule has 0 amide bonds. The van der Waals surface area contributed by atoms with Crippen LogP contribution in [0.15, 0.2) is 0 Å². The lowest BCUT2D eigenvalue weighted by atomic mass is 10.3. The Morgan fingerprint density at radius 2 is 2.07 bits per heavy atom. The number of hydrogen-bond acceptors (Lipinski definition) is 2. The monoisotopic (exact) mass is 228 g/mol. The maximum absolute atomic E-state index is 12.3. The Labute approximate surface area is 83.4 Å². The molecule has 1 aromatic heterocycles. The van der Waals surface area contributed by atoms with Crippen molar-refractivity contribution in [3.05, 3.63) is 16.4 Å². The predicted octanol–water partition coefficient (Wildman–Crippen LogP) is 2.24. The van der Waals surface area contributed by atoms with Gasteiger partial charge in [0.15, 0.2) is 5.69 Å². The highest BCUT2D eigenvalue weighted by Crippen LogP contribution is 2.35. The zero-order chi connectivity index (χ0) is 10.9. The van der Waals surface area contributed by atoms with E-state index in [-0.39, 0.29) is 12.3 Å². The summed E-state index contributed by atoms with van der Waals surface area (Å²) >= 11 is 5.51. The van der Waals surface area contributed by atoms with Gasteiger partial charge in [0.1, 0.15) is 0 Å². The van der Waals surface area contributed by atoms with E-state index >= 15 is 0 Å². The highest BCUT2D eigenvalue weighted by Gasteiger charge is 2.38. The molecule has 7 heteroatoms. The third kappa shape index (κ3) is 2.01. The summed E-state index contributed by atoms with van der Waals surface area (Å²) in [4.78, 5) is 0. The molecule has 3 nitrogen and oxygen atoms in total. The van der Waals surface area contributed by atoms with E-state index in [9.17, 15) is 13.2 Å². The maximum Gasteiger partial charge on any atom is 0.436 e. The van der Waals surface area contributed by atoms with E-state index in [1.54, 1.807) is 0 Å². The summed E-state index contributed by atoms with van der Waals surface area (Å²) < 4.78 is 42.6. The van der Waals surface area contributed by atoms with Crippen molar-refractivity contribution in [1.29, 1.82) is 0 Å². The molecule has 14 heavy (non-hydrogen) atoms. The molecular formula is C7H8ClF3N2O. The first-order chi connectivity index (χ1) is 6.38. The van der Waals surface area contributed by atoms with Gasteiger partial charge in [-0.3, -0.25) is 4.68 Å². The Hall–Kier alpha value is -0.750. The molecule has 0 atom stereocenters. The number of alkyl halides is 3. The standard InChI is InChI=1S/C7H8ClF3N2O/c1-13-4(3-14-2)5(8)6(12-13)7(9,10)11/h3H2,1-2H3. The Bertz CT molecular complexity index is 334. The van der Waals surface area contributed by atoms with Gasteiger partial charge in [-0.15, -0.1) is 0 Å². The number of rotatable bonds is 2. The van der Waals surface area contributed by atoms with Crippen LogP contribution in [0.1, 0.15) is 11.4 Å². The second kappa shape index (κ2) is 3.78. The number of halogens is 4. The molecule has 0 bridgehead atoms. The third-order valence-electron chi connectivity index (χ3n) is 1.65. The van der Waals surface area contributed by atoms with Crippen molar-refractivity contribution in [3.8, 4) is 0 Å². The second-order valence-electron chi connectivity index (χ2n) is 2.66. The van der Waals surface area contributed by atoms with Crippen molar-refractivity contribution >= 4 is 11.6 Å². The van der Waals surface area contributed by atoms with Crippen LogP contribution >= 0.6 is 11.6 Å². The molecule has 0 saturated carbocycles. The Morgan fingerprint density at radius 3 is 2.43 bits per heavy atom. The molecule has 0 unspecified atom stereocenters. The van der Waals surface area contributed by atoms with Crippen LogP contribution in [0, 0.1) is 0 Å². The normalized spacial score (nSPS) is 12.1. The minimum Gasteiger partial charge on any atom is -0.378 e. The first-order valence-corrected chi connectivity index (χ1v) is 4.03. The lowest BCUT2D eigenvalue weighted by molar-refractivity contribution is -0.141. The summed E-state index contributed by atoms with van der Waals surface area (Å²) in [5, 5.41) is 2.88. The van der Waals surface area contributed by atoms with Crippen LogP contribution in [0.2, 0.25) is 5.02 Å². The molecule has 0 aliphatic carbocycles. The van der Waals surface area contributed by atoms with E-state index < -0.39 is 16.9 Å². The summed E-state index contributed by atoms with van der Waals surface area (Å²) in [6, 6.07) is 0. The van der Waals surface area contributed by atoms with Crippen LogP contribution in [0.3, 0.4) is 0 Å². The number of aryl methyl sites for hydroxylation is 1. The smallest absolute Gasteiger partial charge is 0.378 e. The van der Waals surface area contributed by atoms with Crippen molar-refractivity contribution in [2.75, 3.05) is 7.11 Å². The first kappa shape index (κ1) is 11.3. The van der Waals surface area contributed by atoms with Crippen LogP contribution in [-0.2, 0) is 24.6 Å². The predicted molar refractivity (Wildman–Crippen MR) is 43.9 cm³/mol. The van der Waals surface area contributed by atoms with Crippen LogP contribution < -0.4 is 0 Å². The minimum atomic E-state index is -4.53. The van der Waals surface area contributed by atoms with Crippen LogP contribution in [0.4, 0.5) is 13.2 Å². The fourth-order valence-corrected chi connectivity index (χ4v) is 1.33. The molecule has 80 valence electrons. The van der Waals surface area contributed by atoms with Gasteiger partial charge < -0.3 is 4.74 Å². The molecule has 0 fully saturated rings. The highest BCUT2D eigenvalue weighted by atomic mass is 35.5. The minimum absolute atomic E-state index is 0.00157. The van der Waals surface area contributed by atoms with Gasteiger partial charge >= 0.3 is 6.18 Å². The van der Waals surface area contributed by atoms with Crippen LogP contribution in [-0.4, -0.2) is 16.9 Å². The number of ether oxygens (including phenoxy) is 1. The zero-order valence-electron chi connectivity index (χ0n) is 7.52. The summed E-state index contributed by atoms with van der Waals surface area (Å²) in [5.41, 5.74) is -0.866. The topological polar surface area (TPSA) is 27.1 Å². The fraction of sp³-hybridized carbons (Fsp3) is 0.571. The first-order valence-electron chi connectivity index (χ1n) is 3.65. The van der Waals surface area contributed by atoms with Gasteiger partial charge in [-0.25, -0.2) is 0 Å². The number of hydrogen-bond donors (Lipinski definition) is 0. The van der Waals surface area contributed by atoms with E-state index in [4.69, 9.17) is 16.3 Å². The number of aromatic nitrogens is 2. The Kier molecular flexibility index (Phi) is 3.06. The Balaban J connectivity index is 3.17. The van der Waals surface area contributed by atoms with Gasteiger partial charge in [0.05, 0.1) is 17.3 Å². The fourth-order valence-electron chi connectivity index (χ4n) is 1.01. The lowest BCUT2D eigenvalue weighted by Gasteiger charge is -2.01. The highest BCUT2D eigenvalue weighted by molar-refractivity contribution is 6.32. The molecule has 0 aliphatic heterocycles. The van der Waals surface area contributed by atoms with Gasteiger partial charge in [0.25, 0.3) is 0 Å². The quantitative estimate of drug-likeness (QED) is 0.776. The molecule has 0 aromatic carbocycles. The van der Waals surface area contributed by atoms with Crippen molar-refractivity contribution < 1.29 is 17.9 Å². The Morgan fingerprint density at radius 1 is 1.50 bits per heavy atom. The molecule has 0 radical (unpaired) electrons. The molecule has 0 spiro atoms. The zero-order valence-corrected chi connectivity index (χ0v) is 8.28. The molecule has 1 aromatic rings. The average Bonchev–Trinajstić information content (AvgIpc) is 2.31. The van der Waals surface area contributed by atoms with E-state index in [2.05, 4.69) is 5.10 Å². The lowest BCUT2D eigenvalue weighted by Crippen LogP contribution is -2.07. The second-order valence-corrected chi connectivity index (χ2v) is 3.04. The van der Waals surface area contributed by atoms with E-state index in [1.807, 2.05) is 0 Å². The molecule has 0 N–H and O–H groups in total. The number of methoxy groups -OCH3 is 1. The summed E-state index contributed by atoms with van der Waals surface area (Å²) in [7, 11) is 2.76. The molecular weight excluding hydrogens is 221 g/mol. The third-order valence-corrected chi connectivity index (χ3v) is 2.05. The van der Waals surface area contributed by atoms with Gasteiger partial charge in [0.2, 0.25) is 0 Å². The maximum atomic E-state index is 12.3. The molecule has 1 heterocycles. The SMILES string of the molecule is COCc1c(Cl)c(C(F)(F)F)nn1C. The van der Waals surface area contributed by atoms with E-state index in [0.29, 0.717) is 0 Å². The van der Waals surface area contributed by atoms with Gasteiger partial charge in [-0.2, -0.15) is 18.3 Å². The summed E-state index contributed by atoms with van der Waals surface area (Å²) in [6.07, 6.45) is -4.53. The van der Waals surface area contributed by atoms with E-state index in [0.717, 1.165) is 4.68 Å². The van der Waals surface area contributed by atoms with Crippen molar-refractivity contribution in [2.45, 2.75) is 12.8 Å². The van der Waals surface area contributed by atoms with Gasteiger partial charge in [-0.1, -0.05) is 11.6 Å². The van der Waals surface area contributed by atoms with E-state index in [1.165, 1.54) is 14.2 Å². The van der Waals surface area contributed by atoms with Crippen molar-refractivity contribution in [1.82, 2.24) is 9.78 Å². The van der Waals surface area contributed by atoms with Gasteiger partial charge in [-0.05, 0) is 0 Å². The molecule has 0 aliphatic rings. The number of nitrogens with zero attached hydrogens (tertiary/aromatic N) is 2. The molecule has 0 saturated heterocycles. The van der Waals surface area contributed by atoms with Crippen molar-refractivity contribution in [3.63, 3.8) is 0 Å². The summed E-state index contributed by atoms with van der Waals surface area (Å²) in [5.74, 6) is 0. The summed E-state index contributed by atoms with van der Waals surface area (Å²) in [6.45, 7) is -0.00157.